The van der Waals surface area contributed by atoms with Crippen LogP contribution in [0.3, 0.4) is 0 Å². The van der Waals surface area contributed by atoms with E-state index in [0.717, 1.165) is 23.6 Å². The van der Waals surface area contributed by atoms with Crippen molar-refractivity contribution in [2.75, 3.05) is 18.5 Å². The monoisotopic (exact) mass is 262 g/mol. The van der Waals surface area contributed by atoms with Gasteiger partial charge in [-0.25, -0.2) is 0 Å². The number of anilines is 1. The van der Waals surface area contributed by atoms with Gasteiger partial charge < -0.3 is 15.4 Å². The standard InChI is InChI=1S/C15H22N2O2/c1-11(2)16-9-12(3)10-19-15-7-5-14(6-8-15)17-13(4)18/h5-8,11,16H,3,9-10H2,1-2,4H3,(H,17,18). The Morgan fingerprint density at radius 3 is 2.47 bits per heavy atom. The SMILES string of the molecule is C=C(CNC(C)C)COc1ccc(NC(C)=O)cc1. The zero-order valence-electron chi connectivity index (χ0n) is 11.8. The normalized spacial score (nSPS) is 10.3. The van der Waals surface area contributed by atoms with Crippen LogP contribution in [0.4, 0.5) is 5.69 Å². The highest BCUT2D eigenvalue weighted by Crippen LogP contribution is 2.16. The molecule has 4 nitrogen and oxygen atoms in total. The van der Waals surface area contributed by atoms with E-state index in [2.05, 4.69) is 31.1 Å². The van der Waals surface area contributed by atoms with Gasteiger partial charge in [0.1, 0.15) is 12.4 Å². The van der Waals surface area contributed by atoms with Crippen molar-refractivity contribution >= 4 is 11.6 Å². The summed E-state index contributed by atoms with van der Waals surface area (Å²) in [7, 11) is 0. The van der Waals surface area contributed by atoms with E-state index in [0.29, 0.717) is 12.6 Å². The number of ether oxygens (including phenoxy) is 1. The molecule has 2 N–H and O–H groups in total. The van der Waals surface area contributed by atoms with Crippen LogP contribution in [0.25, 0.3) is 0 Å². The van der Waals surface area contributed by atoms with E-state index in [1.807, 2.05) is 24.3 Å². The molecule has 0 aromatic heterocycles. The van der Waals surface area contributed by atoms with Gasteiger partial charge in [0.05, 0.1) is 0 Å². The van der Waals surface area contributed by atoms with Crippen molar-refractivity contribution in [2.45, 2.75) is 26.8 Å². The van der Waals surface area contributed by atoms with Crippen molar-refractivity contribution in [1.29, 1.82) is 0 Å². The van der Waals surface area contributed by atoms with Gasteiger partial charge in [0.15, 0.2) is 0 Å². The van der Waals surface area contributed by atoms with Crippen LogP contribution < -0.4 is 15.4 Å². The van der Waals surface area contributed by atoms with Crippen LogP contribution in [-0.2, 0) is 4.79 Å². The molecule has 0 aliphatic rings. The van der Waals surface area contributed by atoms with Crippen molar-refractivity contribution < 1.29 is 9.53 Å². The van der Waals surface area contributed by atoms with Gasteiger partial charge in [0.25, 0.3) is 0 Å². The molecular weight excluding hydrogens is 240 g/mol. The number of nitrogens with one attached hydrogen (secondary N) is 2. The van der Waals surface area contributed by atoms with Crippen molar-refractivity contribution in [1.82, 2.24) is 5.32 Å². The summed E-state index contributed by atoms with van der Waals surface area (Å²) in [6.45, 7) is 10.9. The zero-order chi connectivity index (χ0) is 14.3. The highest BCUT2D eigenvalue weighted by Gasteiger charge is 2.00. The molecule has 0 aliphatic heterocycles. The summed E-state index contributed by atoms with van der Waals surface area (Å²) in [5.41, 5.74) is 1.76. The number of hydrogen-bond acceptors (Lipinski definition) is 3. The first-order valence-corrected chi connectivity index (χ1v) is 6.38. The van der Waals surface area contributed by atoms with Gasteiger partial charge in [-0.3, -0.25) is 4.79 Å². The third-order valence-electron chi connectivity index (χ3n) is 2.38. The fourth-order valence-corrected chi connectivity index (χ4v) is 1.42. The van der Waals surface area contributed by atoms with Gasteiger partial charge in [-0.05, 0) is 29.8 Å². The number of benzene rings is 1. The molecule has 1 aromatic rings. The van der Waals surface area contributed by atoms with Gasteiger partial charge in [-0.1, -0.05) is 20.4 Å². The predicted molar refractivity (Wildman–Crippen MR) is 78.5 cm³/mol. The molecule has 1 amide bonds. The first kappa shape index (κ1) is 15.2. The van der Waals surface area contributed by atoms with Gasteiger partial charge in [-0.15, -0.1) is 0 Å². The average molecular weight is 262 g/mol. The molecule has 1 rings (SSSR count). The Morgan fingerprint density at radius 1 is 1.32 bits per heavy atom. The lowest BCUT2D eigenvalue weighted by Gasteiger charge is -2.12. The van der Waals surface area contributed by atoms with Crippen molar-refractivity contribution in [3.63, 3.8) is 0 Å². The molecule has 0 saturated heterocycles. The number of carbonyl (C=O) groups is 1. The molecule has 104 valence electrons. The minimum atomic E-state index is -0.0817. The van der Waals surface area contributed by atoms with Crippen molar-refractivity contribution in [2.24, 2.45) is 0 Å². The number of amides is 1. The van der Waals surface area contributed by atoms with Crippen LogP contribution in [0.5, 0.6) is 5.75 Å². The molecule has 0 radical (unpaired) electrons. The van der Waals surface area contributed by atoms with Gasteiger partial charge in [0, 0.05) is 25.2 Å². The second kappa shape index (κ2) is 7.59. The number of rotatable bonds is 7. The maximum absolute atomic E-state index is 10.9. The minimum absolute atomic E-state index is 0.0817. The quantitative estimate of drug-likeness (QED) is 0.743. The molecule has 0 saturated carbocycles. The maximum atomic E-state index is 10.9. The van der Waals surface area contributed by atoms with Gasteiger partial charge in [0.2, 0.25) is 5.91 Å². The number of carbonyl (C=O) groups excluding carboxylic acids is 1. The predicted octanol–water partition coefficient (Wildman–Crippen LogP) is 2.58. The summed E-state index contributed by atoms with van der Waals surface area (Å²) < 4.78 is 5.61. The van der Waals surface area contributed by atoms with Crippen LogP contribution in [0.15, 0.2) is 36.4 Å². The molecule has 4 heteroatoms. The first-order valence-electron chi connectivity index (χ1n) is 6.38. The largest absolute Gasteiger partial charge is 0.489 e. The number of hydrogen-bond donors (Lipinski definition) is 2. The molecule has 0 fully saturated rings. The second-order valence-electron chi connectivity index (χ2n) is 4.78. The molecule has 0 aliphatic carbocycles. The molecule has 0 atom stereocenters. The lowest BCUT2D eigenvalue weighted by Crippen LogP contribution is -2.26. The van der Waals surface area contributed by atoms with Crippen LogP contribution in [-0.4, -0.2) is 25.1 Å². The van der Waals surface area contributed by atoms with Crippen LogP contribution in [0, 0.1) is 0 Å². The third-order valence-corrected chi connectivity index (χ3v) is 2.38. The fraction of sp³-hybridized carbons (Fsp3) is 0.400. The van der Waals surface area contributed by atoms with Gasteiger partial charge in [-0.2, -0.15) is 0 Å². The molecule has 0 heterocycles. The fourth-order valence-electron chi connectivity index (χ4n) is 1.42. The Balaban J connectivity index is 2.37. The molecule has 0 bridgehead atoms. The van der Waals surface area contributed by atoms with Crippen LogP contribution in [0.1, 0.15) is 20.8 Å². The summed E-state index contributed by atoms with van der Waals surface area (Å²) in [4.78, 5) is 10.9. The van der Waals surface area contributed by atoms with E-state index in [4.69, 9.17) is 4.74 Å². The Hall–Kier alpha value is -1.81. The molecular formula is C15H22N2O2. The van der Waals surface area contributed by atoms with Crippen molar-refractivity contribution in [3.8, 4) is 5.75 Å². The highest BCUT2D eigenvalue weighted by molar-refractivity contribution is 5.88. The summed E-state index contributed by atoms with van der Waals surface area (Å²) >= 11 is 0. The Morgan fingerprint density at radius 2 is 1.95 bits per heavy atom. The van der Waals surface area contributed by atoms with Crippen LogP contribution >= 0.6 is 0 Å². The van der Waals surface area contributed by atoms with E-state index in [1.165, 1.54) is 6.92 Å². The summed E-state index contributed by atoms with van der Waals surface area (Å²) in [5.74, 6) is 0.682. The third kappa shape index (κ3) is 6.62. The highest BCUT2D eigenvalue weighted by atomic mass is 16.5. The lowest BCUT2D eigenvalue weighted by molar-refractivity contribution is -0.114. The minimum Gasteiger partial charge on any atom is -0.489 e. The summed E-state index contributed by atoms with van der Waals surface area (Å²) in [6.07, 6.45) is 0. The second-order valence-corrected chi connectivity index (χ2v) is 4.78. The van der Waals surface area contributed by atoms with E-state index < -0.39 is 0 Å². The zero-order valence-corrected chi connectivity index (χ0v) is 11.8. The van der Waals surface area contributed by atoms with Gasteiger partial charge >= 0.3 is 0 Å². The average Bonchev–Trinajstić information content (AvgIpc) is 2.35. The smallest absolute Gasteiger partial charge is 0.221 e. The molecule has 0 spiro atoms. The van der Waals surface area contributed by atoms with Crippen molar-refractivity contribution in [3.05, 3.63) is 36.4 Å². The molecule has 1 aromatic carbocycles. The Kier molecular flexibility index (Phi) is 6.09. The maximum Gasteiger partial charge on any atom is 0.221 e. The Labute approximate surface area is 114 Å². The van der Waals surface area contributed by atoms with E-state index in [1.54, 1.807) is 0 Å². The summed E-state index contributed by atoms with van der Waals surface area (Å²) in [6, 6.07) is 7.72. The first-order chi connectivity index (χ1) is 8.97. The summed E-state index contributed by atoms with van der Waals surface area (Å²) in [5, 5.41) is 5.99. The lowest BCUT2D eigenvalue weighted by atomic mass is 10.3. The van der Waals surface area contributed by atoms with E-state index in [9.17, 15) is 4.79 Å². The van der Waals surface area contributed by atoms with E-state index in [-0.39, 0.29) is 5.91 Å². The topological polar surface area (TPSA) is 50.4 Å². The molecule has 0 unspecified atom stereocenters. The molecule has 19 heavy (non-hydrogen) atoms. The van der Waals surface area contributed by atoms with Crippen LogP contribution in [0.2, 0.25) is 0 Å². The van der Waals surface area contributed by atoms with E-state index >= 15 is 0 Å². The Bertz CT molecular complexity index is 424.